The van der Waals surface area contributed by atoms with Crippen molar-refractivity contribution < 1.29 is 33.3 Å². The van der Waals surface area contributed by atoms with Gasteiger partial charge in [-0.1, -0.05) is 50.1 Å². The summed E-state index contributed by atoms with van der Waals surface area (Å²) in [7, 11) is 0. The van der Waals surface area contributed by atoms with Gasteiger partial charge >= 0.3 is 11.9 Å². The standard InChI is InChI=1S/C24H33F2NO5/c1-18(14-16-32-20-9-5-4-6-10-20)21(28)13-12-19-17-24(25,26)23(31)27(19)15-8-3-2-7-11-22(29)30/h4-6,9-10,12-13,18-19,21,28H,2-3,7-8,11,14-17H2,1H3,(H,29,30)/t18-,19-,21+/m0/s1. The minimum Gasteiger partial charge on any atom is -0.494 e. The summed E-state index contributed by atoms with van der Waals surface area (Å²) in [6.07, 6.45) is 4.62. The van der Waals surface area contributed by atoms with Crippen LogP contribution in [0.3, 0.4) is 0 Å². The second-order valence-corrected chi connectivity index (χ2v) is 8.34. The highest BCUT2D eigenvalue weighted by Crippen LogP contribution is 2.34. The van der Waals surface area contributed by atoms with Crippen molar-refractivity contribution in [2.75, 3.05) is 13.2 Å². The summed E-state index contributed by atoms with van der Waals surface area (Å²) in [6, 6.07) is 8.56. The predicted octanol–water partition coefficient (Wildman–Crippen LogP) is 4.28. The monoisotopic (exact) mass is 453 g/mol. The van der Waals surface area contributed by atoms with E-state index in [-0.39, 0.29) is 18.9 Å². The number of carbonyl (C=O) groups excluding carboxylic acids is 1. The molecule has 1 aliphatic rings. The van der Waals surface area contributed by atoms with E-state index in [2.05, 4.69) is 0 Å². The van der Waals surface area contributed by atoms with E-state index in [1.54, 1.807) is 0 Å². The molecule has 1 aromatic rings. The lowest BCUT2D eigenvalue weighted by Crippen LogP contribution is -2.36. The van der Waals surface area contributed by atoms with Crippen molar-refractivity contribution in [3.63, 3.8) is 0 Å². The normalized spacial score (nSPS) is 19.9. The highest BCUT2D eigenvalue weighted by Gasteiger charge is 2.52. The minimum atomic E-state index is -3.40. The SMILES string of the molecule is C[C@@H](CCOc1ccccc1)[C@H](O)C=C[C@H]1CC(F)(F)C(=O)N1CCCCCCC(=O)O. The molecular weight excluding hydrogens is 420 g/mol. The highest BCUT2D eigenvalue weighted by molar-refractivity contribution is 5.86. The van der Waals surface area contributed by atoms with Crippen LogP contribution >= 0.6 is 0 Å². The zero-order valence-corrected chi connectivity index (χ0v) is 18.5. The predicted molar refractivity (Wildman–Crippen MR) is 117 cm³/mol. The van der Waals surface area contributed by atoms with Crippen LogP contribution in [-0.2, 0) is 9.59 Å². The number of benzene rings is 1. The number of hydrogen-bond donors (Lipinski definition) is 2. The number of amides is 1. The van der Waals surface area contributed by atoms with Gasteiger partial charge in [-0.25, -0.2) is 0 Å². The third-order valence-corrected chi connectivity index (χ3v) is 5.68. The smallest absolute Gasteiger partial charge is 0.327 e. The van der Waals surface area contributed by atoms with Crippen LogP contribution in [0, 0.1) is 5.92 Å². The third-order valence-electron chi connectivity index (χ3n) is 5.68. The summed E-state index contributed by atoms with van der Waals surface area (Å²) >= 11 is 0. The Hall–Kier alpha value is -2.48. The number of aliphatic hydroxyl groups excluding tert-OH is 1. The molecule has 0 aliphatic carbocycles. The van der Waals surface area contributed by atoms with Crippen LogP contribution in [0.4, 0.5) is 8.78 Å². The van der Waals surface area contributed by atoms with Gasteiger partial charge < -0.3 is 19.8 Å². The fourth-order valence-corrected chi connectivity index (χ4v) is 3.65. The quantitative estimate of drug-likeness (QED) is 0.324. The Balaban J connectivity index is 1.81. The Labute approximate surface area is 187 Å². The number of carboxylic acids is 1. The molecule has 178 valence electrons. The maximum absolute atomic E-state index is 14.0. The first kappa shape index (κ1) is 25.8. The first-order valence-electron chi connectivity index (χ1n) is 11.2. The van der Waals surface area contributed by atoms with Gasteiger partial charge in [0.15, 0.2) is 0 Å². The molecule has 0 saturated carbocycles. The molecule has 0 aromatic heterocycles. The second-order valence-electron chi connectivity index (χ2n) is 8.34. The number of carboxylic acid groups (broad SMARTS) is 1. The molecule has 1 saturated heterocycles. The van der Waals surface area contributed by atoms with Crippen molar-refractivity contribution in [1.82, 2.24) is 4.90 Å². The van der Waals surface area contributed by atoms with Gasteiger partial charge in [0.25, 0.3) is 5.91 Å². The number of aliphatic carboxylic acids is 1. The molecule has 3 atom stereocenters. The Morgan fingerprint density at radius 2 is 1.94 bits per heavy atom. The molecule has 1 aliphatic heterocycles. The van der Waals surface area contributed by atoms with E-state index in [0.717, 1.165) is 5.75 Å². The van der Waals surface area contributed by atoms with Gasteiger partial charge in [-0.15, -0.1) is 0 Å². The Morgan fingerprint density at radius 1 is 1.25 bits per heavy atom. The number of hydrogen-bond acceptors (Lipinski definition) is 4. The first-order chi connectivity index (χ1) is 15.2. The number of halogens is 2. The maximum atomic E-state index is 14.0. The molecule has 1 amide bonds. The summed E-state index contributed by atoms with van der Waals surface area (Å²) in [6.45, 7) is 2.46. The van der Waals surface area contributed by atoms with Crippen LogP contribution in [0.15, 0.2) is 42.5 Å². The van der Waals surface area contributed by atoms with E-state index in [4.69, 9.17) is 9.84 Å². The van der Waals surface area contributed by atoms with Crippen LogP contribution in [0.2, 0.25) is 0 Å². The van der Waals surface area contributed by atoms with Gasteiger partial charge in [0.2, 0.25) is 0 Å². The van der Waals surface area contributed by atoms with Crippen LogP contribution < -0.4 is 4.74 Å². The zero-order valence-electron chi connectivity index (χ0n) is 18.5. The topological polar surface area (TPSA) is 87.1 Å². The fraction of sp³-hybridized carbons (Fsp3) is 0.583. The number of rotatable bonds is 14. The van der Waals surface area contributed by atoms with E-state index in [9.17, 15) is 23.5 Å². The van der Waals surface area contributed by atoms with E-state index >= 15 is 0 Å². The Kier molecular flexibility index (Phi) is 10.1. The van der Waals surface area contributed by atoms with Gasteiger partial charge in [0.05, 0.1) is 18.8 Å². The Morgan fingerprint density at radius 3 is 2.62 bits per heavy atom. The van der Waals surface area contributed by atoms with Crippen molar-refractivity contribution in [3.05, 3.63) is 42.5 Å². The molecule has 32 heavy (non-hydrogen) atoms. The first-order valence-corrected chi connectivity index (χ1v) is 11.2. The summed E-state index contributed by atoms with van der Waals surface area (Å²) in [5.41, 5.74) is 0. The fourth-order valence-electron chi connectivity index (χ4n) is 3.65. The minimum absolute atomic E-state index is 0.0819. The van der Waals surface area contributed by atoms with Gasteiger partial charge in [-0.05, 0) is 37.3 Å². The number of unbranched alkanes of at least 4 members (excludes halogenated alkanes) is 3. The van der Waals surface area contributed by atoms with Crippen molar-refractivity contribution in [2.45, 2.75) is 69.9 Å². The zero-order chi connectivity index (χ0) is 23.6. The molecule has 0 spiro atoms. The van der Waals surface area contributed by atoms with E-state index in [0.29, 0.717) is 38.7 Å². The van der Waals surface area contributed by atoms with Crippen LogP contribution in [0.5, 0.6) is 5.75 Å². The number of carbonyl (C=O) groups is 2. The largest absolute Gasteiger partial charge is 0.494 e. The average molecular weight is 454 g/mol. The van der Waals surface area contributed by atoms with E-state index in [1.807, 2.05) is 37.3 Å². The lowest BCUT2D eigenvalue weighted by atomic mass is 10.00. The van der Waals surface area contributed by atoms with E-state index in [1.165, 1.54) is 17.1 Å². The maximum Gasteiger partial charge on any atom is 0.327 e. The third kappa shape index (κ3) is 8.22. The lowest BCUT2D eigenvalue weighted by molar-refractivity contribution is -0.148. The molecule has 0 bridgehead atoms. The molecule has 8 heteroatoms. The number of aliphatic hydroxyl groups is 1. The van der Waals surface area contributed by atoms with E-state index < -0.39 is 36.4 Å². The number of alkyl halides is 2. The van der Waals surface area contributed by atoms with Crippen molar-refractivity contribution in [3.8, 4) is 5.75 Å². The van der Waals surface area contributed by atoms with Gasteiger partial charge in [0, 0.05) is 19.4 Å². The van der Waals surface area contributed by atoms with Crippen LogP contribution in [0.25, 0.3) is 0 Å². The molecule has 6 nitrogen and oxygen atoms in total. The number of likely N-dealkylation sites (tertiary alicyclic amines) is 1. The summed E-state index contributed by atoms with van der Waals surface area (Å²) in [5, 5.41) is 19.0. The number of para-hydroxylation sites is 1. The van der Waals surface area contributed by atoms with Crippen molar-refractivity contribution >= 4 is 11.9 Å². The van der Waals surface area contributed by atoms with Crippen molar-refractivity contribution in [2.24, 2.45) is 5.92 Å². The molecule has 1 aromatic carbocycles. The molecule has 1 heterocycles. The number of ether oxygens (including phenoxy) is 1. The molecule has 2 rings (SSSR count). The lowest BCUT2D eigenvalue weighted by Gasteiger charge is -2.22. The number of nitrogens with zero attached hydrogens (tertiary/aromatic N) is 1. The van der Waals surface area contributed by atoms with Crippen LogP contribution in [-0.4, -0.2) is 58.2 Å². The molecule has 0 radical (unpaired) electrons. The van der Waals surface area contributed by atoms with Crippen LogP contribution in [0.1, 0.15) is 51.9 Å². The average Bonchev–Trinajstić information content (AvgIpc) is 2.97. The van der Waals surface area contributed by atoms with Gasteiger partial charge in [0.1, 0.15) is 5.75 Å². The molecule has 0 unspecified atom stereocenters. The second kappa shape index (κ2) is 12.5. The molecule has 1 fully saturated rings. The summed E-state index contributed by atoms with van der Waals surface area (Å²) < 4.78 is 33.6. The summed E-state index contributed by atoms with van der Waals surface area (Å²) in [5.74, 6) is -4.84. The molecule has 2 N–H and O–H groups in total. The Bertz CT molecular complexity index is 756. The van der Waals surface area contributed by atoms with Gasteiger partial charge in [-0.3, -0.25) is 9.59 Å². The molecular formula is C24H33F2NO5. The highest BCUT2D eigenvalue weighted by atomic mass is 19.3. The van der Waals surface area contributed by atoms with Crippen molar-refractivity contribution in [1.29, 1.82) is 0 Å². The van der Waals surface area contributed by atoms with Gasteiger partial charge in [-0.2, -0.15) is 8.78 Å². The summed E-state index contributed by atoms with van der Waals surface area (Å²) in [4.78, 5) is 23.8.